The highest BCUT2D eigenvalue weighted by atomic mass is 19.1. The summed E-state index contributed by atoms with van der Waals surface area (Å²) >= 11 is 0. The van der Waals surface area contributed by atoms with Crippen LogP contribution in [-0.4, -0.2) is 52.0 Å². The minimum atomic E-state index is -0.354. The lowest BCUT2D eigenvalue weighted by Gasteiger charge is -2.36. The maximum Gasteiger partial charge on any atom is 0.239 e. The maximum absolute atomic E-state index is 13.5. The van der Waals surface area contributed by atoms with Gasteiger partial charge >= 0.3 is 0 Å². The smallest absolute Gasteiger partial charge is 0.239 e. The summed E-state index contributed by atoms with van der Waals surface area (Å²) in [7, 11) is 1.73. The van der Waals surface area contributed by atoms with Crippen LogP contribution in [0.3, 0.4) is 0 Å². The molecule has 1 aromatic heterocycles. The van der Waals surface area contributed by atoms with Gasteiger partial charge in [-0.15, -0.1) is 0 Å². The van der Waals surface area contributed by atoms with E-state index in [0.717, 1.165) is 24.9 Å². The lowest BCUT2D eigenvalue weighted by atomic mass is 9.96. The summed E-state index contributed by atoms with van der Waals surface area (Å²) in [6.07, 6.45) is 1.77. The molecule has 1 aliphatic rings. The van der Waals surface area contributed by atoms with Crippen LogP contribution in [0.5, 0.6) is 0 Å². The van der Waals surface area contributed by atoms with Crippen LogP contribution in [0.2, 0.25) is 0 Å². The van der Waals surface area contributed by atoms with Gasteiger partial charge in [0.1, 0.15) is 11.6 Å². The largest absolute Gasteiger partial charge is 0.340 e. The van der Waals surface area contributed by atoms with Gasteiger partial charge in [-0.3, -0.25) is 9.69 Å². The van der Waals surface area contributed by atoms with E-state index in [1.54, 1.807) is 36.2 Å². The molecule has 6 nitrogen and oxygen atoms in total. The normalized spacial score (nSPS) is 17.8. The Bertz CT molecular complexity index is 1090. The van der Waals surface area contributed by atoms with Crippen molar-refractivity contribution in [2.45, 2.75) is 38.3 Å². The Kier molecular flexibility index (Phi) is 6.60. The topological polar surface area (TPSA) is 62.5 Å². The number of carbonyl (C=O) groups is 1. The Morgan fingerprint density at radius 2 is 1.97 bits per heavy atom. The van der Waals surface area contributed by atoms with Crippen LogP contribution in [-0.2, 0) is 11.3 Å². The van der Waals surface area contributed by atoms with Crippen molar-refractivity contribution < 1.29 is 18.1 Å². The summed E-state index contributed by atoms with van der Waals surface area (Å²) in [6.45, 7) is 3.64. The number of rotatable bonds is 6. The molecule has 2 atom stereocenters. The Labute approximate surface area is 185 Å². The third kappa shape index (κ3) is 5.02. The molecule has 0 aliphatic carbocycles. The van der Waals surface area contributed by atoms with Crippen molar-refractivity contribution in [3.8, 4) is 11.4 Å². The summed E-state index contributed by atoms with van der Waals surface area (Å²) in [5.74, 6) is 0.167. The van der Waals surface area contributed by atoms with Crippen LogP contribution >= 0.6 is 0 Å². The molecule has 3 aromatic rings. The molecule has 4 rings (SSSR count). The SMILES string of the molecule is CC(C(=O)N(C)Cc1cccc(F)c1)N1CCCC(c2nc(-c3cccc(F)c3)no2)C1. The second kappa shape index (κ2) is 9.56. The van der Waals surface area contributed by atoms with Crippen LogP contribution in [0.4, 0.5) is 8.78 Å². The molecule has 2 aromatic carbocycles. The van der Waals surface area contributed by atoms with E-state index in [2.05, 4.69) is 15.0 Å². The first-order valence-electron chi connectivity index (χ1n) is 10.7. The summed E-state index contributed by atoms with van der Waals surface area (Å²) in [6, 6.07) is 12.0. The molecule has 0 bridgehead atoms. The first-order chi connectivity index (χ1) is 15.4. The minimum absolute atomic E-state index is 0.00216. The van der Waals surface area contributed by atoms with Crippen LogP contribution in [0.1, 0.15) is 37.1 Å². The standard InChI is InChI=1S/C24H26F2N4O2/c1-16(24(31)29(2)14-17-6-3-9-20(25)12-17)30-11-5-8-19(15-30)23-27-22(28-32-23)18-7-4-10-21(26)13-18/h3-4,6-7,9-10,12-13,16,19H,5,8,11,14-15H2,1-2H3. The number of hydrogen-bond donors (Lipinski definition) is 0. The van der Waals surface area contributed by atoms with Gasteiger partial charge in [-0.05, 0) is 56.1 Å². The molecule has 1 aliphatic heterocycles. The van der Waals surface area contributed by atoms with Gasteiger partial charge in [0, 0.05) is 25.7 Å². The third-order valence-corrected chi connectivity index (χ3v) is 5.92. The number of piperidine rings is 1. The number of likely N-dealkylation sites (tertiary alicyclic amines) is 1. The van der Waals surface area contributed by atoms with Crippen molar-refractivity contribution >= 4 is 5.91 Å². The van der Waals surface area contributed by atoms with Crippen molar-refractivity contribution in [1.29, 1.82) is 0 Å². The number of hydrogen-bond acceptors (Lipinski definition) is 5. The number of likely N-dealkylation sites (N-methyl/N-ethyl adjacent to an activating group) is 1. The van der Waals surface area contributed by atoms with E-state index in [1.165, 1.54) is 24.3 Å². The van der Waals surface area contributed by atoms with Crippen LogP contribution in [0.25, 0.3) is 11.4 Å². The third-order valence-electron chi connectivity index (χ3n) is 5.92. The van der Waals surface area contributed by atoms with Crippen molar-refractivity contribution in [2.75, 3.05) is 20.1 Å². The highest BCUT2D eigenvalue weighted by Crippen LogP contribution is 2.29. The zero-order valence-electron chi connectivity index (χ0n) is 18.2. The molecular formula is C24H26F2N4O2. The van der Waals surface area contributed by atoms with Gasteiger partial charge in [-0.1, -0.05) is 29.4 Å². The van der Waals surface area contributed by atoms with Crippen LogP contribution in [0, 0.1) is 11.6 Å². The molecule has 0 radical (unpaired) electrons. The van der Waals surface area contributed by atoms with Gasteiger partial charge in [0.25, 0.3) is 0 Å². The van der Waals surface area contributed by atoms with Gasteiger partial charge in [0.15, 0.2) is 0 Å². The highest BCUT2D eigenvalue weighted by Gasteiger charge is 2.32. The molecule has 0 N–H and O–H groups in total. The Balaban J connectivity index is 1.40. The minimum Gasteiger partial charge on any atom is -0.340 e. The van der Waals surface area contributed by atoms with Crippen molar-refractivity contribution in [3.05, 3.63) is 71.6 Å². The van der Waals surface area contributed by atoms with Gasteiger partial charge in [0.05, 0.1) is 12.0 Å². The quantitative estimate of drug-likeness (QED) is 0.574. The maximum atomic E-state index is 13.5. The van der Waals surface area contributed by atoms with Gasteiger partial charge in [-0.25, -0.2) is 8.78 Å². The fourth-order valence-corrected chi connectivity index (χ4v) is 4.17. The summed E-state index contributed by atoms with van der Waals surface area (Å²) < 4.78 is 32.4. The molecule has 2 unspecified atom stereocenters. The molecule has 2 heterocycles. The average molecular weight is 440 g/mol. The predicted octanol–water partition coefficient (Wildman–Crippen LogP) is 4.24. The Morgan fingerprint density at radius 1 is 1.22 bits per heavy atom. The fraction of sp³-hybridized carbons (Fsp3) is 0.375. The van der Waals surface area contributed by atoms with Crippen molar-refractivity contribution in [3.63, 3.8) is 0 Å². The van der Waals surface area contributed by atoms with Crippen LogP contribution < -0.4 is 0 Å². The monoisotopic (exact) mass is 440 g/mol. The van der Waals surface area contributed by atoms with Crippen LogP contribution in [0.15, 0.2) is 53.1 Å². The molecule has 32 heavy (non-hydrogen) atoms. The van der Waals surface area contributed by atoms with E-state index < -0.39 is 0 Å². The number of carbonyl (C=O) groups excluding carboxylic acids is 1. The molecule has 1 saturated heterocycles. The number of halogens is 2. The van der Waals surface area contributed by atoms with Gasteiger partial charge in [-0.2, -0.15) is 4.98 Å². The Hall–Kier alpha value is -3.13. The van der Waals surface area contributed by atoms with Gasteiger partial charge in [0.2, 0.25) is 17.6 Å². The molecule has 8 heteroatoms. The molecule has 168 valence electrons. The van der Waals surface area contributed by atoms with E-state index in [4.69, 9.17) is 4.52 Å². The van der Waals surface area contributed by atoms with Crippen molar-refractivity contribution in [2.24, 2.45) is 0 Å². The van der Waals surface area contributed by atoms with E-state index in [-0.39, 0.29) is 29.5 Å². The van der Waals surface area contributed by atoms with E-state index in [9.17, 15) is 13.6 Å². The molecule has 1 fully saturated rings. The molecule has 0 saturated carbocycles. The summed E-state index contributed by atoms with van der Waals surface area (Å²) in [4.78, 5) is 21.2. The first kappa shape index (κ1) is 22.1. The second-order valence-electron chi connectivity index (χ2n) is 8.30. The zero-order valence-corrected chi connectivity index (χ0v) is 18.2. The molecular weight excluding hydrogens is 414 g/mol. The first-order valence-corrected chi connectivity index (χ1v) is 10.7. The Morgan fingerprint density at radius 3 is 2.72 bits per heavy atom. The number of amides is 1. The predicted molar refractivity (Wildman–Crippen MR) is 116 cm³/mol. The lowest BCUT2D eigenvalue weighted by molar-refractivity contribution is -0.136. The zero-order chi connectivity index (χ0) is 22.7. The summed E-state index contributed by atoms with van der Waals surface area (Å²) in [5, 5.41) is 4.01. The number of aromatic nitrogens is 2. The number of benzene rings is 2. The molecule has 0 spiro atoms. The second-order valence-corrected chi connectivity index (χ2v) is 8.30. The number of nitrogens with zero attached hydrogens (tertiary/aromatic N) is 4. The lowest BCUT2D eigenvalue weighted by Crippen LogP contribution is -2.49. The molecule has 1 amide bonds. The average Bonchev–Trinajstić information content (AvgIpc) is 3.29. The van der Waals surface area contributed by atoms with Gasteiger partial charge < -0.3 is 9.42 Å². The highest BCUT2D eigenvalue weighted by molar-refractivity contribution is 5.81. The van der Waals surface area contributed by atoms with E-state index in [1.807, 2.05) is 6.92 Å². The van der Waals surface area contributed by atoms with Crippen molar-refractivity contribution in [1.82, 2.24) is 19.9 Å². The van der Waals surface area contributed by atoms with E-state index in [0.29, 0.717) is 30.4 Å². The summed E-state index contributed by atoms with van der Waals surface area (Å²) in [5.41, 5.74) is 1.32. The fourth-order valence-electron chi connectivity index (χ4n) is 4.17. The van der Waals surface area contributed by atoms with E-state index >= 15 is 0 Å².